The van der Waals surface area contributed by atoms with Gasteiger partial charge >= 0.3 is 11.8 Å². The SMILES string of the molecule is CCOC(=O)N1CCN(C(=O)C(C)n2nc(C)c([N+](=O)[O-])c2C)CC1. The molecule has 2 heterocycles. The molecule has 25 heavy (non-hydrogen) atoms. The lowest BCUT2D eigenvalue weighted by Crippen LogP contribution is -2.52. The maximum Gasteiger partial charge on any atom is 0.409 e. The van der Waals surface area contributed by atoms with Gasteiger partial charge in [0.15, 0.2) is 0 Å². The zero-order chi connectivity index (χ0) is 18.7. The van der Waals surface area contributed by atoms with Crippen LogP contribution < -0.4 is 0 Å². The van der Waals surface area contributed by atoms with E-state index in [0.29, 0.717) is 38.5 Å². The first-order chi connectivity index (χ1) is 11.8. The van der Waals surface area contributed by atoms with Crippen LogP contribution in [0.2, 0.25) is 0 Å². The van der Waals surface area contributed by atoms with Crippen LogP contribution in [0.5, 0.6) is 0 Å². The summed E-state index contributed by atoms with van der Waals surface area (Å²) in [4.78, 5) is 38.2. The molecule has 1 atom stereocenters. The van der Waals surface area contributed by atoms with Crippen LogP contribution in [0.3, 0.4) is 0 Å². The van der Waals surface area contributed by atoms with E-state index in [1.165, 1.54) is 4.68 Å². The second-order valence-corrected chi connectivity index (χ2v) is 5.91. The minimum Gasteiger partial charge on any atom is -0.450 e. The Morgan fingerprint density at radius 3 is 2.28 bits per heavy atom. The molecule has 1 saturated heterocycles. The van der Waals surface area contributed by atoms with Crippen LogP contribution in [0, 0.1) is 24.0 Å². The molecule has 1 fully saturated rings. The molecule has 10 heteroatoms. The zero-order valence-corrected chi connectivity index (χ0v) is 14.9. The lowest BCUT2D eigenvalue weighted by atomic mass is 10.2. The van der Waals surface area contributed by atoms with Crippen molar-refractivity contribution in [2.45, 2.75) is 33.7 Å². The number of nitrogens with zero attached hydrogens (tertiary/aromatic N) is 5. The summed E-state index contributed by atoms with van der Waals surface area (Å²) in [6.45, 7) is 8.44. The van der Waals surface area contributed by atoms with Crippen LogP contribution in [0.4, 0.5) is 10.5 Å². The number of hydrogen-bond acceptors (Lipinski definition) is 6. The maximum absolute atomic E-state index is 12.7. The van der Waals surface area contributed by atoms with Gasteiger partial charge in [-0.15, -0.1) is 0 Å². The van der Waals surface area contributed by atoms with Crippen molar-refractivity contribution in [3.8, 4) is 0 Å². The molecule has 138 valence electrons. The fourth-order valence-electron chi connectivity index (χ4n) is 2.99. The highest BCUT2D eigenvalue weighted by Gasteiger charge is 2.31. The number of piperazine rings is 1. The number of ether oxygens (including phenoxy) is 1. The quantitative estimate of drug-likeness (QED) is 0.595. The van der Waals surface area contributed by atoms with Crippen LogP contribution in [0.25, 0.3) is 0 Å². The van der Waals surface area contributed by atoms with Crippen molar-refractivity contribution in [2.75, 3.05) is 32.8 Å². The molecule has 0 aliphatic carbocycles. The number of rotatable bonds is 4. The Labute approximate surface area is 145 Å². The van der Waals surface area contributed by atoms with E-state index >= 15 is 0 Å². The Balaban J connectivity index is 2.06. The Kier molecular flexibility index (Phi) is 5.60. The predicted molar refractivity (Wildman–Crippen MR) is 88.2 cm³/mol. The van der Waals surface area contributed by atoms with Crippen molar-refractivity contribution in [3.63, 3.8) is 0 Å². The van der Waals surface area contributed by atoms with Gasteiger partial charge in [0.2, 0.25) is 5.91 Å². The van der Waals surface area contributed by atoms with Crippen LogP contribution in [0.15, 0.2) is 0 Å². The van der Waals surface area contributed by atoms with E-state index in [4.69, 9.17) is 4.74 Å². The number of aromatic nitrogens is 2. The molecule has 1 aromatic rings. The summed E-state index contributed by atoms with van der Waals surface area (Å²) >= 11 is 0. The van der Waals surface area contributed by atoms with Crippen LogP contribution in [0.1, 0.15) is 31.3 Å². The highest BCUT2D eigenvalue weighted by Crippen LogP contribution is 2.25. The first-order valence-electron chi connectivity index (χ1n) is 8.18. The molecular weight excluding hydrogens is 330 g/mol. The van der Waals surface area contributed by atoms with Crippen molar-refractivity contribution >= 4 is 17.7 Å². The number of carbonyl (C=O) groups is 2. The van der Waals surface area contributed by atoms with Gasteiger partial charge in [0, 0.05) is 26.2 Å². The van der Waals surface area contributed by atoms with Gasteiger partial charge in [-0.3, -0.25) is 19.6 Å². The van der Waals surface area contributed by atoms with E-state index < -0.39 is 11.0 Å². The standard InChI is InChI=1S/C15H23N5O5/c1-5-25-15(22)18-8-6-17(7-9-18)14(21)12(4)19-11(3)13(20(23)24)10(2)16-19/h12H,5-9H2,1-4H3. The fraction of sp³-hybridized carbons (Fsp3) is 0.667. The smallest absolute Gasteiger partial charge is 0.409 e. The normalized spacial score (nSPS) is 15.8. The minimum atomic E-state index is -0.651. The maximum atomic E-state index is 12.7. The van der Waals surface area contributed by atoms with Crippen LogP contribution in [-0.4, -0.2) is 69.3 Å². The number of amides is 2. The molecule has 0 radical (unpaired) electrons. The fourth-order valence-corrected chi connectivity index (χ4v) is 2.99. The molecule has 10 nitrogen and oxygen atoms in total. The molecular formula is C15H23N5O5. The molecule has 0 bridgehead atoms. The van der Waals surface area contributed by atoms with Crippen molar-refractivity contribution in [2.24, 2.45) is 0 Å². The highest BCUT2D eigenvalue weighted by atomic mass is 16.6. The Morgan fingerprint density at radius 1 is 1.24 bits per heavy atom. The molecule has 2 amide bonds. The van der Waals surface area contributed by atoms with Gasteiger partial charge in [0.1, 0.15) is 17.4 Å². The van der Waals surface area contributed by atoms with E-state index in [0.717, 1.165) is 0 Å². The average molecular weight is 353 g/mol. The Morgan fingerprint density at radius 2 is 1.80 bits per heavy atom. The van der Waals surface area contributed by atoms with Gasteiger partial charge in [-0.2, -0.15) is 5.10 Å². The molecule has 1 unspecified atom stereocenters. The van der Waals surface area contributed by atoms with E-state index in [2.05, 4.69) is 5.10 Å². The first-order valence-corrected chi connectivity index (χ1v) is 8.18. The second-order valence-electron chi connectivity index (χ2n) is 5.91. The second kappa shape index (κ2) is 7.49. The summed E-state index contributed by atoms with van der Waals surface area (Å²) < 4.78 is 6.35. The minimum absolute atomic E-state index is 0.0632. The van der Waals surface area contributed by atoms with Crippen LogP contribution >= 0.6 is 0 Å². The van der Waals surface area contributed by atoms with Gasteiger partial charge < -0.3 is 14.5 Å². The van der Waals surface area contributed by atoms with Gasteiger partial charge in [0.25, 0.3) is 0 Å². The predicted octanol–water partition coefficient (Wildman–Crippen LogP) is 1.27. The zero-order valence-electron chi connectivity index (χ0n) is 14.9. The Bertz CT molecular complexity index is 678. The highest BCUT2D eigenvalue weighted by molar-refractivity contribution is 5.80. The largest absolute Gasteiger partial charge is 0.450 e. The van der Waals surface area contributed by atoms with Crippen molar-refractivity contribution in [1.82, 2.24) is 19.6 Å². The molecule has 0 N–H and O–H groups in total. The van der Waals surface area contributed by atoms with Gasteiger partial charge in [-0.25, -0.2) is 4.79 Å². The number of aryl methyl sites for hydroxylation is 1. The van der Waals surface area contributed by atoms with Crippen LogP contribution in [-0.2, 0) is 9.53 Å². The number of carbonyl (C=O) groups excluding carboxylic acids is 2. The molecule has 1 aromatic heterocycles. The summed E-state index contributed by atoms with van der Waals surface area (Å²) in [5.74, 6) is -0.177. The van der Waals surface area contributed by atoms with E-state index in [-0.39, 0.29) is 23.4 Å². The summed E-state index contributed by atoms with van der Waals surface area (Å²) in [6.07, 6.45) is -0.378. The third-order valence-corrected chi connectivity index (χ3v) is 4.31. The summed E-state index contributed by atoms with van der Waals surface area (Å²) in [5.41, 5.74) is 0.578. The summed E-state index contributed by atoms with van der Waals surface area (Å²) in [7, 11) is 0. The molecule has 0 spiro atoms. The molecule has 2 rings (SSSR count). The lowest BCUT2D eigenvalue weighted by Gasteiger charge is -2.35. The van der Waals surface area contributed by atoms with Crippen molar-refractivity contribution in [3.05, 3.63) is 21.5 Å². The van der Waals surface area contributed by atoms with E-state index in [1.54, 1.807) is 37.5 Å². The number of nitro groups is 1. The molecule has 1 aliphatic heterocycles. The summed E-state index contributed by atoms with van der Waals surface area (Å²) in [6, 6.07) is -0.651. The monoisotopic (exact) mass is 353 g/mol. The third kappa shape index (κ3) is 3.72. The van der Waals surface area contributed by atoms with E-state index in [1.807, 2.05) is 0 Å². The van der Waals surface area contributed by atoms with Gasteiger partial charge in [0.05, 0.1) is 11.5 Å². The van der Waals surface area contributed by atoms with Crippen molar-refractivity contribution in [1.29, 1.82) is 0 Å². The van der Waals surface area contributed by atoms with E-state index in [9.17, 15) is 19.7 Å². The van der Waals surface area contributed by atoms with Gasteiger partial charge in [-0.05, 0) is 27.7 Å². The van der Waals surface area contributed by atoms with Gasteiger partial charge in [-0.1, -0.05) is 0 Å². The topological polar surface area (TPSA) is 111 Å². The Hall–Kier alpha value is -2.65. The average Bonchev–Trinajstić information content (AvgIpc) is 2.88. The lowest BCUT2D eigenvalue weighted by molar-refractivity contribution is -0.386. The summed E-state index contributed by atoms with van der Waals surface area (Å²) in [5, 5.41) is 15.3. The van der Waals surface area contributed by atoms with Crippen molar-refractivity contribution < 1.29 is 19.2 Å². The molecule has 0 aromatic carbocycles. The molecule has 1 aliphatic rings. The number of hydrogen-bond donors (Lipinski definition) is 0. The molecule has 0 saturated carbocycles. The third-order valence-electron chi connectivity index (χ3n) is 4.31. The first kappa shape index (κ1) is 18.7.